The van der Waals surface area contributed by atoms with Crippen molar-refractivity contribution in [2.75, 3.05) is 11.4 Å². The Labute approximate surface area is 136 Å². The van der Waals surface area contributed by atoms with Crippen molar-refractivity contribution < 1.29 is 5.11 Å². The average Bonchev–Trinajstić information content (AvgIpc) is 2.60. The number of hydrogen-bond acceptors (Lipinski definition) is 5. The fourth-order valence-corrected chi connectivity index (χ4v) is 2.21. The number of hydrogen-bond donors (Lipinski definition) is 1. The van der Waals surface area contributed by atoms with Gasteiger partial charge in [-0.25, -0.2) is 9.97 Å². The van der Waals surface area contributed by atoms with Crippen LogP contribution in [0, 0.1) is 0 Å². The predicted octanol–water partition coefficient (Wildman–Crippen LogP) is 4.06. The molecule has 0 radical (unpaired) electrons. The van der Waals surface area contributed by atoms with E-state index in [1.807, 2.05) is 18.2 Å². The smallest absolute Gasteiger partial charge is 0.136 e. The lowest BCUT2D eigenvalue weighted by molar-refractivity contribution is 0.474. The molecular formula is C18H20N4O. The lowest BCUT2D eigenvalue weighted by Gasteiger charge is -2.23. The van der Waals surface area contributed by atoms with E-state index < -0.39 is 0 Å². The lowest BCUT2D eigenvalue weighted by Crippen LogP contribution is -2.19. The Morgan fingerprint density at radius 1 is 1.30 bits per heavy atom. The number of aliphatic hydroxyl groups is 1. The van der Waals surface area contributed by atoms with E-state index in [0.717, 1.165) is 42.0 Å². The van der Waals surface area contributed by atoms with Gasteiger partial charge in [-0.05, 0) is 24.6 Å². The maximum atomic E-state index is 9.05. The minimum atomic E-state index is 0.718. The van der Waals surface area contributed by atoms with Crippen LogP contribution in [-0.2, 0) is 0 Å². The summed E-state index contributed by atoms with van der Waals surface area (Å²) >= 11 is 0. The quantitative estimate of drug-likeness (QED) is 0.617. The van der Waals surface area contributed by atoms with Gasteiger partial charge in [0.15, 0.2) is 0 Å². The van der Waals surface area contributed by atoms with Gasteiger partial charge in [-0.3, -0.25) is 4.98 Å². The van der Waals surface area contributed by atoms with E-state index in [1.54, 1.807) is 30.6 Å². The fourth-order valence-electron chi connectivity index (χ4n) is 2.21. The third kappa shape index (κ3) is 4.26. The lowest BCUT2D eigenvalue weighted by atomic mass is 10.1. The van der Waals surface area contributed by atoms with E-state index in [2.05, 4.69) is 33.4 Å². The number of allylic oxidation sites excluding steroid dienone is 4. The Morgan fingerprint density at radius 3 is 2.74 bits per heavy atom. The van der Waals surface area contributed by atoms with Crippen molar-refractivity contribution in [1.82, 2.24) is 15.0 Å². The van der Waals surface area contributed by atoms with E-state index in [1.165, 1.54) is 6.33 Å². The molecule has 0 amide bonds. The molecule has 0 aromatic carbocycles. The van der Waals surface area contributed by atoms with Gasteiger partial charge in [0.1, 0.15) is 12.1 Å². The van der Waals surface area contributed by atoms with Gasteiger partial charge in [0.05, 0.1) is 12.0 Å². The summed E-state index contributed by atoms with van der Waals surface area (Å²) in [4.78, 5) is 14.8. The van der Waals surface area contributed by atoms with Gasteiger partial charge in [0.2, 0.25) is 0 Å². The molecule has 0 saturated carbocycles. The maximum Gasteiger partial charge on any atom is 0.136 e. The highest BCUT2D eigenvalue weighted by molar-refractivity contribution is 5.74. The minimum absolute atomic E-state index is 0.718. The summed E-state index contributed by atoms with van der Waals surface area (Å²) < 4.78 is 0. The van der Waals surface area contributed by atoms with E-state index >= 15 is 0 Å². The predicted molar refractivity (Wildman–Crippen MR) is 93.5 cm³/mol. The first-order valence-electron chi connectivity index (χ1n) is 7.43. The van der Waals surface area contributed by atoms with Crippen LogP contribution in [0.15, 0.2) is 68.0 Å². The summed E-state index contributed by atoms with van der Waals surface area (Å²) in [6.45, 7) is 6.64. The monoisotopic (exact) mass is 308 g/mol. The first-order chi connectivity index (χ1) is 11.3. The molecule has 2 heterocycles. The minimum Gasteiger partial charge on any atom is -0.516 e. The van der Waals surface area contributed by atoms with Gasteiger partial charge in [-0.2, -0.15) is 0 Å². The molecule has 0 saturated heterocycles. The summed E-state index contributed by atoms with van der Waals surface area (Å²) in [7, 11) is 0. The Hall–Kier alpha value is -2.95. The van der Waals surface area contributed by atoms with Crippen molar-refractivity contribution in [2.45, 2.75) is 13.3 Å². The van der Waals surface area contributed by atoms with Crippen LogP contribution in [0.5, 0.6) is 0 Å². The number of nitrogens with zero attached hydrogens (tertiary/aromatic N) is 4. The van der Waals surface area contributed by atoms with Crippen molar-refractivity contribution in [3.8, 4) is 0 Å². The number of rotatable bonds is 7. The molecule has 118 valence electrons. The van der Waals surface area contributed by atoms with Gasteiger partial charge < -0.3 is 10.0 Å². The molecule has 5 nitrogen and oxygen atoms in total. The maximum absolute atomic E-state index is 9.05. The van der Waals surface area contributed by atoms with E-state index in [0.29, 0.717) is 0 Å². The highest BCUT2D eigenvalue weighted by Gasteiger charge is 2.11. The molecule has 2 rings (SSSR count). The largest absolute Gasteiger partial charge is 0.516 e. The molecule has 0 aliphatic rings. The first kappa shape index (κ1) is 16.4. The highest BCUT2D eigenvalue weighted by atomic mass is 16.2. The summed E-state index contributed by atoms with van der Waals surface area (Å²) in [6.07, 6.45) is 12.0. The molecule has 5 heteroatoms. The Balaban J connectivity index is 2.43. The molecule has 0 spiro atoms. The van der Waals surface area contributed by atoms with E-state index in [4.69, 9.17) is 5.11 Å². The standard InChI is InChI=1S/C18H20N4O/c1-3-5-15(8-12-23)17-13-18(21-14-20-17)22(11-4-2)16-6-9-19-10-7-16/h3,5-10,12-14,23H,1,4,11H2,2H3/b12-8+,15-5+. The second kappa shape index (κ2) is 8.48. The zero-order valence-electron chi connectivity index (χ0n) is 13.1. The molecule has 0 fully saturated rings. The molecule has 2 aromatic rings. The van der Waals surface area contributed by atoms with E-state index in [-0.39, 0.29) is 0 Å². The number of aliphatic hydroxyl groups excluding tert-OH is 1. The van der Waals surface area contributed by atoms with Gasteiger partial charge >= 0.3 is 0 Å². The van der Waals surface area contributed by atoms with Crippen LogP contribution in [0.25, 0.3) is 5.57 Å². The van der Waals surface area contributed by atoms with Crippen LogP contribution in [0.3, 0.4) is 0 Å². The molecule has 0 aliphatic carbocycles. The Kier molecular flexibility index (Phi) is 6.06. The molecule has 0 aliphatic heterocycles. The van der Waals surface area contributed by atoms with Crippen LogP contribution in [0.4, 0.5) is 11.5 Å². The number of anilines is 2. The van der Waals surface area contributed by atoms with Crippen molar-refractivity contribution >= 4 is 17.1 Å². The van der Waals surface area contributed by atoms with Gasteiger partial charge in [0, 0.05) is 36.3 Å². The first-order valence-corrected chi connectivity index (χ1v) is 7.43. The highest BCUT2D eigenvalue weighted by Crippen LogP contribution is 2.25. The second-order valence-corrected chi connectivity index (χ2v) is 4.79. The fraction of sp³-hybridized carbons (Fsp3) is 0.167. The third-order valence-corrected chi connectivity index (χ3v) is 3.20. The summed E-state index contributed by atoms with van der Waals surface area (Å²) in [5.41, 5.74) is 2.51. The summed E-state index contributed by atoms with van der Waals surface area (Å²) in [5, 5.41) is 9.05. The molecule has 0 bridgehead atoms. The Bertz CT molecular complexity index is 695. The normalized spacial score (nSPS) is 11.6. The third-order valence-electron chi connectivity index (χ3n) is 3.20. The van der Waals surface area contributed by atoms with Crippen molar-refractivity contribution in [1.29, 1.82) is 0 Å². The number of pyridine rings is 1. The molecular weight excluding hydrogens is 288 g/mol. The average molecular weight is 308 g/mol. The van der Waals surface area contributed by atoms with Crippen LogP contribution in [0.2, 0.25) is 0 Å². The molecule has 2 aromatic heterocycles. The summed E-state index contributed by atoms with van der Waals surface area (Å²) in [6, 6.07) is 5.79. The van der Waals surface area contributed by atoms with Crippen LogP contribution in [-0.4, -0.2) is 26.6 Å². The van der Waals surface area contributed by atoms with Gasteiger partial charge in [-0.15, -0.1) is 0 Å². The zero-order valence-corrected chi connectivity index (χ0v) is 13.1. The van der Waals surface area contributed by atoms with Gasteiger partial charge in [0.25, 0.3) is 0 Å². The molecule has 23 heavy (non-hydrogen) atoms. The zero-order chi connectivity index (χ0) is 16.5. The van der Waals surface area contributed by atoms with Crippen LogP contribution < -0.4 is 4.90 Å². The molecule has 0 unspecified atom stereocenters. The Morgan fingerprint density at radius 2 is 2.09 bits per heavy atom. The van der Waals surface area contributed by atoms with Crippen molar-refractivity contribution in [3.05, 3.63) is 73.7 Å². The van der Waals surface area contributed by atoms with Crippen molar-refractivity contribution in [3.63, 3.8) is 0 Å². The molecule has 1 N–H and O–H groups in total. The number of aromatic nitrogens is 3. The second-order valence-electron chi connectivity index (χ2n) is 4.79. The van der Waals surface area contributed by atoms with Crippen LogP contribution in [0.1, 0.15) is 19.0 Å². The van der Waals surface area contributed by atoms with E-state index in [9.17, 15) is 0 Å². The van der Waals surface area contributed by atoms with Crippen LogP contribution >= 0.6 is 0 Å². The SMILES string of the molecule is C=C/C=C(\C=C\O)c1cc(N(CCC)c2ccncc2)ncn1. The topological polar surface area (TPSA) is 62.1 Å². The van der Waals surface area contributed by atoms with Crippen molar-refractivity contribution in [2.24, 2.45) is 0 Å². The van der Waals surface area contributed by atoms with Gasteiger partial charge in [-0.1, -0.05) is 25.7 Å². The summed E-state index contributed by atoms with van der Waals surface area (Å²) in [5.74, 6) is 0.796. The molecule has 0 atom stereocenters.